The van der Waals surface area contributed by atoms with E-state index in [9.17, 15) is 19.8 Å². The number of nitrogens with zero attached hydrogens (tertiary/aromatic N) is 1. The van der Waals surface area contributed by atoms with Crippen molar-refractivity contribution in [3.8, 4) is 0 Å². The van der Waals surface area contributed by atoms with E-state index in [4.69, 9.17) is 0 Å². The molecule has 5 heteroatoms. The molecule has 0 spiro atoms. The number of hydrogen-bond donors (Lipinski definition) is 2. The lowest BCUT2D eigenvalue weighted by atomic mass is 9.81. The van der Waals surface area contributed by atoms with E-state index in [1.54, 1.807) is 11.9 Å². The Morgan fingerprint density at radius 3 is 2.38 bits per heavy atom. The number of aliphatic hydroxyl groups excluding tert-OH is 1. The molecule has 24 heavy (non-hydrogen) atoms. The van der Waals surface area contributed by atoms with Crippen molar-refractivity contribution in [3.63, 3.8) is 0 Å². The average molecular weight is 329 g/mol. The Labute approximate surface area is 141 Å². The Morgan fingerprint density at radius 2 is 1.79 bits per heavy atom. The largest absolute Gasteiger partial charge is 0.481 e. The number of aliphatic carboxylic acids is 1. The Kier molecular flexibility index (Phi) is 4.71. The monoisotopic (exact) mass is 329 g/mol. The van der Waals surface area contributed by atoms with E-state index in [-0.39, 0.29) is 30.4 Å². The van der Waals surface area contributed by atoms with E-state index >= 15 is 0 Å². The molecule has 1 saturated carbocycles. The first-order valence-corrected chi connectivity index (χ1v) is 8.38. The molecule has 1 aromatic carbocycles. The van der Waals surface area contributed by atoms with Crippen LogP contribution in [0.4, 0.5) is 0 Å². The number of carbonyl (C=O) groups excluding carboxylic acids is 1. The number of allylic oxidation sites excluding steroid dienone is 2. The summed E-state index contributed by atoms with van der Waals surface area (Å²) in [4.78, 5) is 26.4. The molecule has 2 aliphatic carbocycles. The van der Waals surface area contributed by atoms with E-state index in [0.717, 1.165) is 12.0 Å². The molecule has 2 bridgehead atoms. The Hall–Kier alpha value is -2.14. The quantitative estimate of drug-likeness (QED) is 0.784. The summed E-state index contributed by atoms with van der Waals surface area (Å²) in [5.74, 6) is -2.20. The normalized spacial score (nSPS) is 28.8. The zero-order valence-electron chi connectivity index (χ0n) is 13.7. The van der Waals surface area contributed by atoms with Crippen molar-refractivity contribution < 1.29 is 19.8 Å². The molecular formula is C19H23NO4. The van der Waals surface area contributed by atoms with E-state index in [1.165, 1.54) is 0 Å². The van der Waals surface area contributed by atoms with Gasteiger partial charge in [0.05, 0.1) is 17.9 Å². The molecule has 0 heterocycles. The van der Waals surface area contributed by atoms with Gasteiger partial charge in [0, 0.05) is 13.7 Å². The molecule has 1 aromatic rings. The summed E-state index contributed by atoms with van der Waals surface area (Å²) in [5.41, 5.74) is 0.952. The fourth-order valence-corrected chi connectivity index (χ4v) is 4.27. The molecule has 2 aliphatic rings. The molecular weight excluding hydrogens is 306 g/mol. The maximum Gasteiger partial charge on any atom is 0.307 e. The van der Waals surface area contributed by atoms with Crippen LogP contribution in [0.2, 0.25) is 0 Å². The van der Waals surface area contributed by atoms with Gasteiger partial charge in [0.25, 0.3) is 0 Å². The number of amides is 1. The maximum atomic E-state index is 13.1. The van der Waals surface area contributed by atoms with Gasteiger partial charge in [0.2, 0.25) is 5.91 Å². The van der Waals surface area contributed by atoms with Crippen molar-refractivity contribution in [1.82, 2.24) is 4.90 Å². The molecule has 5 unspecified atom stereocenters. The minimum absolute atomic E-state index is 0.0107. The van der Waals surface area contributed by atoms with Gasteiger partial charge in [-0.15, -0.1) is 0 Å². The molecule has 0 aromatic heterocycles. The summed E-state index contributed by atoms with van der Waals surface area (Å²) in [6.07, 6.45) is 5.11. The zero-order chi connectivity index (χ0) is 17.3. The van der Waals surface area contributed by atoms with Gasteiger partial charge in [-0.3, -0.25) is 9.59 Å². The van der Waals surface area contributed by atoms with Crippen LogP contribution >= 0.6 is 0 Å². The van der Waals surface area contributed by atoms with E-state index in [0.29, 0.717) is 6.42 Å². The van der Waals surface area contributed by atoms with Gasteiger partial charge in [0.15, 0.2) is 0 Å². The lowest BCUT2D eigenvalue weighted by molar-refractivity contribution is -0.151. The van der Waals surface area contributed by atoms with Gasteiger partial charge in [0.1, 0.15) is 0 Å². The number of carbonyl (C=O) groups is 2. The van der Waals surface area contributed by atoms with Gasteiger partial charge in [-0.05, 0) is 30.2 Å². The third-order valence-electron chi connectivity index (χ3n) is 5.43. The van der Waals surface area contributed by atoms with Crippen LogP contribution in [0.25, 0.3) is 0 Å². The van der Waals surface area contributed by atoms with Crippen molar-refractivity contribution in [2.24, 2.45) is 23.7 Å². The van der Waals surface area contributed by atoms with E-state index < -0.39 is 17.8 Å². The molecule has 0 aliphatic heterocycles. The number of carboxylic acid groups (broad SMARTS) is 1. The third-order valence-corrected chi connectivity index (χ3v) is 5.43. The fraction of sp³-hybridized carbons (Fsp3) is 0.474. The number of aliphatic hydroxyl groups is 1. The van der Waals surface area contributed by atoms with E-state index in [1.807, 2.05) is 42.5 Å². The first-order valence-electron chi connectivity index (χ1n) is 8.38. The number of rotatable bonds is 6. The SMILES string of the molecule is CN(C(=O)C1C2C=CC(C2)C1C(=O)O)C(CCO)c1ccccc1. The fourth-order valence-electron chi connectivity index (χ4n) is 4.27. The summed E-state index contributed by atoms with van der Waals surface area (Å²) in [6.45, 7) is -0.0316. The highest BCUT2D eigenvalue weighted by molar-refractivity contribution is 5.87. The second kappa shape index (κ2) is 6.77. The maximum absolute atomic E-state index is 13.1. The van der Waals surface area contributed by atoms with Gasteiger partial charge < -0.3 is 15.1 Å². The Morgan fingerprint density at radius 1 is 1.17 bits per heavy atom. The highest BCUT2D eigenvalue weighted by atomic mass is 16.4. The summed E-state index contributed by atoms with van der Waals surface area (Å²) in [5, 5.41) is 18.9. The molecule has 0 radical (unpaired) electrons. The molecule has 5 nitrogen and oxygen atoms in total. The predicted molar refractivity (Wildman–Crippen MR) is 89.0 cm³/mol. The van der Waals surface area contributed by atoms with Crippen LogP contribution in [0.3, 0.4) is 0 Å². The number of carboxylic acids is 1. The lowest BCUT2D eigenvalue weighted by Crippen LogP contribution is -2.42. The number of fused-ring (bicyclic) bond motifs is 2. The highest BCUT2D eigenvalue weighted by Gasteiger charge is 2.52. The second-order valence-electron chi connectivity index (χ2n) is 6.73. The topological polar surface area (TPSA) is 77.8 Å². The first kappa shape index (κ1) is 16.7. The van der Waals surface area contributed by atoms with Crippen LogP contribution in [0.15, 0.2) is 42.5 Å². The molecule has 128 valence electrons. The average Bonchev–Trinajstić information content (AvgIpc) is 3.20. The second-order valence-corrected chi connectivity index (χ2v) is 6.73. The van der Waals surface area contributed by atoms with Gasteiger partial charge in [-0.1, -0.05) is 42.5 Å². The number of hydrogen-bond acceptors (Lipinski definition) is 3. The van der Waals surface area contributed by atoms with Crippen molar-refractivity contribution >= 4 is 11.9 Å². The highest BCUT2D eigenvalue weighted by Crippen LogP contribution is 2.49. The standard InChI is InChI=1S/C19H23NO4/c1-20(15(9-10-21)12-5-3-2-4-6-12)18(22)16-13-7-8-14(11-13)17(16)19(23)24/h2-8,13-17,21H,9-11H2,1H3,(H,23,24). The van der Waals surface area contributed by atoms with Gasteiger partial charge >= 0.3 is 5.97 Å². The molecule has 2 N–H and O–H groups in total. The first-order chi connectivity index (χ1) is 11.5. The minimum Gasteiger partial charge on any atom is -0.481 e. The van der Waals surface area contributed by atoms with Crippen LogP contribution in [-0.2, 0) is 9.59 Å². The summed E-state index contributed by atoms with van der Waals surface area (Å²) in [6, 6.07) is 9.32. The number of benzene rings is 1. The molecule has 1 fully saturated rings. The third kappa shape index (κ3) is 2.84. The summed E-state index contributed by atoms with van der Waals surface area (Å²) in [7, 11) is 1.71. The van der Waals surface area contributed by atoms with Crippen LogP contribution in [0, 0.1) is 23.7 Å². The minimum atomic E-state index is -0.892. The van der Waals surface area contributed by atoms with Crippen molar-refractivity contribution in [3.05, 3.63) is 48.0 Å². The molecule has 5 atom stereocenters. The van der Waals surface area contributed by atoms with Crippen LogP contribution in [0.1, 0.15) is 24.4 Å². The molecule has 1 amide bonds. The zero-order valence-corrected chi connectivity index (χ0v) is 13.7. The lowest BCUT2D eigenvalue weighted by Gasteiger charge is -2.34. The van der Waals surface area contributed by atoms with Crippen molar-refractivity contribution in [2.75, 3.05) is 13.7 Å². The van der Waals surface area contributed by atoms with Gasteiger partial charge in [-0.25, -0.2) is 0 Å². The molecule has 3 rings (SSSR count). The van der Waals surface area contributed by atoms with Crippen LogP contribution in [-0.4, -0.2) is 40.6 Å². The summed E-state index contributed by atoms with van der Waals surface area (Å²) >= 11 is 0. The van der Waals surface area contributed by atoms with Crippen molar-refractivity contribution in [2.45, 2.75) is 18.9 Å². The van der Waals surface area contributed by atoms with E-state index in [2.05, 4.69) is 0 Å². The Balaban J connectivity index is 1.85. The van der Waals surface area contributed by atoms with Crippen molar-refractivity contribution in [1.29, 1.82) is 0 Å². The van der Waals surface area contributed by atoms with Crippen LogP contribution in [0.5, 0.6) is 0 Å². The predicted octanol–water partition coefficient (Wildman–Crippen LogP) is 2.09. The van der Waals surface area contributed by atoms with Crippen LogP contribution < -0.4 is 0 Å². The Bertz CT molecular complexity index is 642. The van der Waals surface area contributed by atoms with Gasteiger partial charge in [-0.2, -0.15) is 0 Å². The smallest absolute Gasteiger partial charge is 0.307 e. The molecule has 0 saturated heterocycles. The summed E-state index contributed by atoms with van der Waals surface area (Å²) < 4.78 is 0.